The summed E-state index contributed by atoms with van der Waals surface area (Å²) in [5.41, 5.74) is 3.45. The van der Waals surface area contributed by atoms with Gasteiger partial charge in [-0.2, -0.15) is 0 Å². The zero-order valence-electron chi connectivity index (χ0n) is 18.9. The molecule has 35 heavy (non-hydrogen) atoms. The average molecular weight is 474 g/mol. The molecule has 0 saturated carbocycles. The van der Waals surface area contributed by atoms with E-state index in [9.17, 15) is 19.1 Å². The van der Waals surface area contributed by atoms with E-state index in [0.29, 0.717) is 54.2 Å². The number of likely N-dealkylation sites (tertiary alicyclic amines) is 1. The molecule has 0 bridgehead atoms. The maximum absolute atomic E-state index is 14.1. The first-order valence-electron chi connectivity index (χ1n) is 11.5. The Hall–Kier alpha value is -4.13. The lowest BCUT2D eigenvalue weighted by Gasteiger charge is -2.21. The standard InChI is InChI=1S/C28H24FNO5/c29-22-15-20-6-3-13-34-26(20)24(16-22)19-8-10-23(11-9-19)35-17-18-4-1-5-21(14-18)27(31)30-12-2-7-25(30)28(32)33/h1,3-6,8-11,14-16,25H,2,7,12-13,17H2,(H,32,33)/t25-/m0/s1. The van der Waals surface area contributed by atoms with E-state index < -0.39 is 12.0 Å². The van der Waals surface area contributed by atoms with Crippen LogP contribution < -0.4 is 9.47 Å². The molecule has 0 aliphatic carbocycles. The normalized spacial score (nSPS) is 16.5. The van der Waals surface area contributed by atoms with Gasteiger partial charge in [-0.05, 0) is 66.4 Å². The predicted molar refractivity (Wildman–Crippen MR) is 129 cm³/mol. The Morgan fingerprint density at radius 2 is 1.94 bits per heavy atom. The first-order valence-corrected chi connectivity index (χ1v) is 11.5. The van der Waals surface area contributed by atoms with Crippen LogP contribution in [0.5, 0.6) is 11.5 Å². The summed E-state index contributed by atoms with van der Waals surface area (Å²) < 4.78 is 25.7. The fourth-order valence-electron chi connectivity index (χ4n) is 4.54. The maximum Gasteiger partial charge on any atom is 0.326 e. The van der Waals surface area contributed by atoms with Gasteiger partial charge in [0.1, 0.15) is 36.6 Å². The highest BCUT2D eigenvalue weighted by Gasteiger charge is 2.34. The van der Waals surface area contributed by atoms with E-state index in [1.54, 1.807) is 18.2 Å². The molecule has 7 heteroatoms. The Morgan fingerprint density at radius 3 is 2.74 bits per heavy atom. The van der Waals surface area contributed by atoms with Crippen LogP contribution in [0.25, 0.3) is 17.2 Å². The summed E-state index contributed by atoms with van der Waals surface area (Å²) in [4.78, 5) is 25.7. The van der Waals surface area contributed by atoms with Crippen molar-refractivity contribution in [1.29, 1.82) is 0 Å². The Morgan fingerprint density at radius 1 is 1.11 bits per heavy atom. The average Bonchev–Trinajstić information content (AvgIpc) is 3.37. The molecule has 2 aliphatic heterocycles. The number of carbonyl (C=O) groups is 2. The Balaban J connectivity index is 1.28. The highest BCUT2D eigenvalue weighted by Crippen LogP contribution is 2.37. The monoisotopic (exact) mass is 473 g/mol. The number of ether oxygens (including phenoxy) is 2. The van der Waals surface area contributed by atoms with Crippen LogP contribution in [-0.4, -0.2) is 41.1 Å². The lowest BCUT2D eigenvalue weighted by atomic mass is 9.99. The molecule has 5 rings (SSSR count). The molecule has 2 aliphatic rings. The zero-order chi connectivity index (χ0) is 24.4. The third-order valence-electron chi connectivity index (χ3n) is 6.25. The first-order chi connectivity index (χ1) is 17.0. The van der Waals surface area contributed by atoms with Crippen LogP contribution in [0.4, 0.5) is 4.39 Å². The van der Waals surface area contributed by atoms with E-state index in [1.165, 1.54) is 17.0 Å². The van der Waals surface area contributed by atoms with E-state index in [2.05, 4.69) is 0 Å². The van der Waals surface area contributed by atoms with E-state index >= 15 is 0 Å². The van der Waals surface area contributed by atoms with E-state index in [4.69, 9.17) is 9.47 Å². The fourth-order valence-corrected chi connectivity index (χ4v) is 4.54. The van der Waals surface area contributed by atoms with Crippen molar-refractivity contribution in [1.82, 2.24) is 4.90 Å². The minimum Gasteiger partial charge on any atom is -0.489 e. The van der Waals surface area contributed by atoms with Gasteiger partial charge in [-0.25, -0.2) is 9.18 Å². The minimum atomic E-state index is -0.972. The molecule has 1 N–H and O–H groups in total. The van der Waals surface area contributed by atoms with Crippen molar-refractivity contribution in [3.63, 3.8) is 0 Å². The zero-order valence-corrected chi connectivity index (χ0v) is 18.9. The molecule has 1 amide bonds. The molecule has 0 unspecified atom stereocenters. The molecule has 178 valence electrons. The Labute approximate surface area is 202 Å². The minimum absolute atomic E-state index is 0.242. The van der Waals surface area contributed by atoms with Gasteiger partial charge in [-0.3, -0.25) is 4.79 Å². The topological polar surface area (TPSA) is 76.1 Å². The lowest BCUT2D eigenvalue weighted by molar-refractivity contribution is -0.141. The second-order valence-corrected chi connectivity index (χ2v) is 8.59. The van der Waals surface area contributed by atoms with Crippen molar-refractivity contribution < 1.29 is 28.6 Å². The number of fused-ring (bicyclic) bond motifs is 1. The lowest BCUT2D eigenvalue weighted by Crippen LogP contribution is -2.40. The molecule has 0 radical (unpaired) electrons. The second-order valence-electron chi connectivity index (χ2n) is 8.59. The van der Waals surface area contributed by atoms with Gasteiger partial charge in [0.05, 0.1) is 0 Å². The van der Waals surface area contributed by atoms with Crippen LogP contribution in [0.15, 0.2) is 66.7 Å². The van der Waals surface area contributed by atoms with Crippen molar-refractivity contribution in [3.05, 3.63) is 89.2 Å². The Kier molecular flexibility index (Phi) is 6.23. The van der Waals surface area contributed by atoms with Gasteiger partial charge in [0.15, 0.2) is 0 Å². The molecule has 0 spiro atoms. The summed E-state index contributed by atoms with van der Waals surface area (Å²) >= 11 is 0. The third-order valence-corrected chi connectivity index (χ3v) is 6.25. The molecular formula is C28H24FNO5. The number of rotatable bonds is 6. The number of hydrogen-bond donors (Lipinski definition) is 1. The first kappa shape index (κ1) is 22.7. The van der Waals surface area contributed by atoms with Crippen LogP contribution >= 0.6 is 0 Å². The van der Waals surface area contributed by atoms with Gasteiger partial charge in [0.2, 0.25) is 0 Å². The Bertz CT molecular complexity index is 1300. The van der Waals surface area contributed by atoms with Crippen LogP contribution in [-0.2, 0) is 11.4 Å². The number of carbonyl (C=O) groups excluding carboxylic acids is 1. The number of nitrogens with zero attached hydrogens (tertiary/aromatic N) is 1. The van der Waals surface area contributed by atoms with Gasteiger partial charge in [0.25, 0.3) is 5.91 Å². The number of benzene rings is 3. The van der Waals surface area contributed by atoms with E-state index in [0.717, 1.165) is 11.1 Å². The van der Waals surface area contributed by atoms with Gasteiger partial charge >= 0.3 is 5.97 Å². The predicted octanol–water partition coefficient (Wildman–Crippen LogP) is 5.17. The smallest absolute Gasteiger partial charge is 0.326 e. The fraction of sp³-hybridized carbons (Fsp3) is 0.214. The molecule has 1 fully saturated rings. The van der Waals surface area contributed by atoms with Crippen LogP contribution in [0.3, 0.4) is 0 Å². The molecule has 3 aromatic rings. The third kappa shape index (κ3) is 4.75. The van der Waals surface area contributed by atoms with Gasteiger partial charge in [-0.1, -0.05) is 30.3 Å². The number of halogens is 1. The number of carboxylic acids is 1. The summed E-state index contributed by atoms with van der Waals surface area (Å²) in [6.45, 7) is 1.13. The summed E-state index contributed by atoms with van der Waals surface area (Å²) in [5, 5.41) is 9.37. The molecular weight excluding hydrogens is 449 g/mol. The summed E-state index contributed by atoms with van der Waals surface area (Å²) in [7, 11) is 0. The molecule has 1 saturated heterocycles. The van der Waals surface area contributed by atoms with Crippen molar-refractivity contribution in [3.8, 4) is 22.6 Å². The molecule has 3 aromatic carbocycles. The van der Waals surface area contributed by atoms with Crippen molar-refractivity contribution in [2.45, 2.75) is 25.5 Å². The van der Waals surface area contributed by atoms with E-state index in [1.807, 2.05) is 42.5 Å². The van der Waals surface area contributed by atoms with Crippen LogP contribution in [0, 0.1) is 5.82 Å². The highest BCUT2D eigenvalue weighted by molar-refractivity contribution is 5.97. The van der Waals surface area contributed by atoms with Gasteiger partial charge < -0.3 is 19.5 Å². The van der Waals surface area contributed by atoms with E-state index in [-0.39, 0.29) is 18.3 Å². The van der Waals surface area contributed by atoms with Crippen LogP contribution in [0.1, 0.15) is 34.3 Å². The number of aliphatic carboxylic acids is 1. The van der Waals surface area contributed by atoms with Crippen molar-refractivity contribution in [2.75, 3.05) is 13.2 Å². The van der Waals surface area contributed by atoms with Crippen LogP contribution in [0.2, 0.25) is 0 Å². The molecule has 6 nitrogen and oxygen atoms in total. The number of amides is 1. The largest absolute Gasteiger partial charge is 0.489 e. The van der Waals surface area contributed by atoms with Crippen molar-refractivity contribution >= 4 is 18.0 Å². The van der Waals surface area contributed by atoms with Crippen molar-refractivity contribution in [2.24, 2.45) is 0 Å². The van der Waals surface area contributed by atoms with Gasteiger partial charge in [-0.15, -0.1) is 0 Å². The SMILES string of the molecule is O=C(O)[C@@H]1CCCN1C(=O)c1cccc(COc2ccc(-c3cc(F)cc4c3OCC=C4)cc2)c1. The number of hydrogen-bond acceptors (Lipinski definition) is 4. The summed E-state index contributed by atoms with van der Waals surface area (Å²) in [6.07, 6.45) is 4.86. The second kappa shape index (κ2) is 9.62. The van der Waals surface area contributed by atoms with Gasteiger partial charge in [0, 0.05) is 23.2 Å². The quantitative estimate of drug-likeness (QED) is 0.535. The summed E-state index contributed by atoms with van der Waals surface area (Å²) in [5.74, 6) is -0.293. The maximum atomic E-state index is 14.1. The molecule has 0 aromatic heterocycles. The summed E-state index contributed by atoms with van der Waals surface area (Å²) in [6, 6.07) is 16.5. The number of carboxylic acid groups (broad SMARTS) is 1. The molecule has 1 atom stereocenters. The highest BCUT2D eigenvalue weighted by atomic mass is 19.1. The molecule has 2 heterocycles.